The first-order valence-corrected chi connectivity index (χ1v) is 11.6. The highest BCUT2D eigenvalue weighted by Crippen LogP contribution is 2.27. The normalized spacial score (nSPS) is 14.0. The Morgan fingerprint density at radius 2 is 1.94 bits per heavy atom. The molecule has 7 heteroatoms. The van der Waals surface area contributed by atoms with Gasteiger partial charge in [-0.15, -0.1) is 0 Å². The van der Waals surface area contributed by atoms with Crippen LogP contribution < -0.4 is 10.5 Å². The Labute approximate surface area is 195 Å². The number of hydrogen-bond donors (Lipinski definition) is 3. The van der Waals surface area contributed by atoms with E-state index >= 15 is 0 Å². The van der Waals surface area contributed by atoms with Crippen molar-refractivity contribution in [2.24, 2.45) is 5.73 Å². The molecule has 1 amide bonds. The summed E-state index contributed by atoms with van der Waals surface area (Å²) in [7, 11) is 0. The molecule has 0 saturated heterocycles. The molecular weight excluding hydrogens is 418 g/mol. The average molecular weight is 452 g/mol. The molecule has 2 aromatic carbocycles. The first-order valence-electron chi connectivity index (χ1n) is 11.6. The molecule has 1 aliphatic rings. The Kier molecular flexibility index (Phi) is 8.46. The fourth-order valence-electron chi connectivity index (χ4n) is 4.24. The zero-order chi connectivity index (χ0) is 23.8. The fourth-order valence-corrected chi connectivity index (χ4v) is 4.24. The minimum Gasteiger partial charge on any atom is -0.489 e. The molecule has 1 aliphatic heterocycles. The third-order valence-electron chi connectivity index (χ3n) is 6.10. The predicted molar refractivity (Wildman–Crippen MR) is 128 cm³/mol. The lowest BCUT2D eigenvalue weighted by molar-refractivity contribution is -0.138. The molecule has 1 heterocycles. The summed E-state index contributed by atoms with van der Waals surface area (Å²) in [5.74, 6) is -0.242. The minimum absolute atomic E-state index is 0.0171. The van der Waals surface area contributed by atoms with E-state index < -0.39 is 5.97 Å². The topological polar surface area (TPSA) is 117 Å². The second-order valence-corrected chi connectivity index (χ2v) is 8.57. The second kappa shape index (κ2) is 11.5. The van der Waals surface area contributed by atoms with Crippen LogP contribution >= 0.6 is 0 Å². The van der Waals surface area contributed by atoms with Gasteiger partial charge in [-0.2, -0.15) is 0 Å². The maximum absolute atomic E-state index is 13.2. The summed E-state index contributed by atoms with van der Waals surface area (Å²) in [5, 5.41) is 16.8. The number of carbonyl (C=O) groups excluding carboxylic acids is 1. The molecule has 3 rings (SSSR count). The summed E-state index contributed by atoms with van der Waals surface area (Å²) in [6.07, 6.45) is 5.62. The largest absolute Gasteiger partial charge is 0.489 e. The van der Waals surface area contributed by atoms with E-state index in [1.165, 1.54) is 0 Å². The van der Waals surface area contributed by atoms with Crippen molar-refractivity contribution in [1.29, 1.82) is 5.41 Å². The van der Waals surface area contributed by atoms with Gasteiger partial charge < -0.3 is 20.5 Å². The monoisotopic (exact) mass is 451 g/mol. The number of amidine groups is 1. The van der Waals surface area contributed by atoms with Crippen molar-refractivity contribution >= 4 is 17.7 Å². The maximum Gasteiger partial charge on any atom is 0.305 e. The van der Waals surface area contributed by atoms with Gasteiger partial charge in [-0.1, -0.05) is 56.9 Å². The molecule has 7 nitrogen and oxygen atoms in total. The quantitative estimate of drug-likeness (QED) is 0.252. The van der Waals surface area contributed by atoms with Crippen LogP contribution in [-0.2, 0) is 17.8 Å². The number of carboxylic acid groups (broad SMARTS) is 1. The average Bonchev–Trinajstić information content (AvgIpc) is 2.80. The van der Waals surface area contributed by atoms with E-state index in [-0.39, 0.29) is 24.2 Å². The van der Waals surface area contributed by atoms with Crippen LogP contribution in [0, 0.1) is 5.41 Å². The van der Waals surface area contributed by atoms with E-state index in [1.54, 1.807) is 29.2 Å². The zero-order valence-corrected chi connectivity index (χ0v) is 19.2. The molecule has 0 saturated carbocycles. The number of nitrogens with one attached hydrogen (secondary N) is 1. The molecule has 2 aromatic rings. The third-order valence-corrected chi connectivity index (χ3v) is 6.10. The molecule has 0 spiro atoms. The molecule has 0 bridgehead atoms. The minimum atomic E-state index is -0.867. The van der Waals surface area contributed by atoms with Crippen LogP contribution in [0.25, 0.3) is 0 Å². The van der Waals surface area contributed by atoms with Crippen LogP contribution in [-0.4, -0.2) is 40.3 Å². The number of benzene rings is 2. The second-order valence-electron chi connectivity index (χ2n) is 8.57. The van der Waals surface area contributed by atoms with Gasteiger partial charge in [-0.25, -0.2) is 0 Å². The van der Waals surface area contributed by atoms with Gasteiger partial charge in [0.2, 0.25) is 0 Å². The SMILES string of the molecule is CCCCCCC(CC(=O)O)N1CCc2cc(OCc3ccc(C(=N)N)cc3)ccc2C1=O. The van der Waals surface area contributed by atoms with Crippen molar-refractivity contribution in [3.8, 4) is 5.75 Å². The van der Waals surface area contributed by atoms with E-state index in [4.69, 9.17) is 15.9 Å². The first-order chi connectivity index (χ1) is 15.9. The lowest BCUT2D eigenvalue weighted by Crippen LogP contribution is -2.45. The number of fused-ring (bicyclic) bond motifs is 1. The molecule has 33 heavy (non-hydrogen) atoms. The Hall–Kier alpha value is -3.35. The molecular formula is C26H33N3O4. The van der Waals surface area contributed by atoms with E-state index in [0.29, 0.717) is 36.4 Å². The molecule has 0 aliphatic carbocycles. The Bertz CT molecular complexity index is 988. The molecule has 4 N–H and O–H groups in total. The molecule has 0 fully saturated rings. The van der Waals surface area contributed by atoms with Crippen LogP contribution in [0.15, 0.2) is 42.5 Å². The van der Waals surface area contributed by atoms with Crippen LogP contribution in [0.2, 0.25) is 0 Å². The molecule has 1 unspecified atom stereocenters. The van der Waals surface area contributed by atoms with Crippen LogP contribution in [0.1, 0.15) is 72.5 Å². The number of unbranched alkanes of at least 4 members (excludes halogenated alkanes) is 3. The van der Waals surface area contributed by atoms with Crippen molar-refractivity contribution in [1.82, 2.24) is 4.90 Å². The van der Waals surface area contributed by atoms with Crippen molar-refractivity contribution in [3.63, 3.8) is 0 Å². The number of ether oxygens (including phenoxy) is 1. The lowest BCUT2D eigenvalue weighted by Gasteiger charge is -2.35. The fraction of sp³-hybridized carbons (Fsp3) is 0.423. The van der Waals surface area contributed by atoms with E-state index in [0.717, 1.165) is 43.2 Å². The Morgan fingerprint density at radius 3 is 2.61 bits per heavy atom. The van der Waals surface area contributed by atoms with E-state index in [9.17, 15) is 14.7 Å². The van der Waals surface area contributed by atoms with Gasteiger partial charge in [0.05, 0.1) is 6.42 Å². The standard InChI is InChI=1S/C26H33N3O4/c1-2-3-4-5-6-21(16-24(30)31)29-14-13-20-15-22(11-12-23(20)26(29)32)33-17-18-7-9-19(10-8-18)25(27)28/h7-12,15,21H,2-6,13-14,16-17H2,1H3,(H3,27,28)(H,30,31). The van der Waals surface area contributed by atoms with Gasteiger partial charge in [-0.3, -0.25) is 15.0 Å². The highest BCUT2D eigenvalue weighted by atomic mass is 16.5. The number of rotatable bonds is 12. The Balaban J connectivity index is 1.65. The maximum atomic E-state index is 13.2. The van der Waals surface area contributed by atoms with Crippen molar-refractivity contribution in [2.75, 3.05) is 6.54 Å². The summed E-state index contributed by atoms with van der Waals surface area (Å²) in [6, 6.07) is 12.5. The van der Waals surface area contributed by atoms with Crippen LogP contribution in [0.4, 0.5) is 0 Å². The lowest BCUT2D eigenvalue weighted by atomic mass is 9.94. The van der Waals surface area contributed by atoms with Gasteiger partial charge in [0, 0.05) is 23.7 Å². The smallest absolute Gasteiger partial charge is 0.305 e. The number of nitrogens with two attached hydrogens (primary N) is 1. The number of amides is 1. The van der Waals surface area contributed by atoms with Gasteiger partial charge in [0.15, 0.2) is 0 Å². The number of carboxylic acids is 1. The van der Waals surface area contributed by atoms with Gasteiger partial charge in [-0.05, 0) is 42.2 Å². The van der Waals surface area contributed by atoms with Crippen molar-refractivity contribution < 1.29 is 19.4 Å². The van der Waals surface area contributed by atoms with E-state index in [2.05, 4.69) is 6.92 Å². The number of hydrogen-bond acceptors (Lipinski definition) is 4. The third kappa shape index (κ3) is 6.57. The number of carbonyl (C=O) groups is 2. The van der Waals surface area contributed by atoms with E-state index in [1.807, 2.05) is 18.2 Å². The number of aliphatic carboxylic acids is 1. The summed E-state index contributed by atoms with van der Waals surface area (Å²) in [5.41, 5.74) is 8.67. The molecule has 0 radical (unpaired) electrons. The number of nitrogens with zero attached hydrogens (tertiary/aromatic N) is 1. The molecule has 1 atom stereocenters. The molecule has 0 aromatic heterocycles. The highest BCUT2D eigenvalue weighted by molar-refractivity contribution is 5.97. The predicted octanol–water partition coefficient (Wildman–Crippen LogP) is 4.36. The van der Waals surface area contributed by atoms with Gasteiger partial charge in [0.1, 0.15) is 18.2 Å². The van der Waals surface area contributed by atoms with Crippen molar-refractivity contribution in [2.45, 2.75) is 64.5 Å². The summed E-state index contributed by atoms with van der Waals surface area (Å²) in [4.78, 5) is 26.3. The van der Waals surface area contributed by atoms with Crippen LogP contribution in [0.5, 0.6) is 5.75 Å². The number of nitrogen functional groups attached to an aromatic ring is 1. The highest BCUT2D eigenvalue weighted by Gasteiger charge is 2.31. The molecule has 176 valence electrons. The summed E-state index contributed by atoms with van der Waals surface area (Å²) < 4.78 is 5.91. The van der Waals surface area contributed by atoms with Gasteiger partial charge in [0.25, 0.3) is 5.91 Å². The summed E-state index contributed by atoms with van der Waals surface area (Å²) >= 11 is 0. The van der Waals surface area contributed by atoms with Gasteiger partial charge >= 0.3 is 5.97 Å². The van der Waals surface area contributed by atoms with Crippen molar-refractivity contribution in [3.05, 3.63) is 64.7 Å². The van der Waals surface area contributed by atoms with Crippen LogP contribution in [0.3, 0.4) is 0 Å². The summed E-state index contributed by atoms with van der Waals surface area (Å²) in [6.45, 7) is 3.03. The Morgan fingerprint density at radius 1 is 1.18 bits per heavy atom. The zero-order valence-electron chi connectivity index (χ0n) is 19.2. The first kappa shape index (κ1) is 24.3.